The van der Waals surface area contributed by atoms with Crippen molar-refractivity contribution in [2.24, 2.45) is 5.92 Å². The maximum atomic E-state index is 13.7. The van der Waals surface area contributed by atoms with Crippen LogP contribution in [0.15, 0.2) is 0 Å². The van der Waals surface area contributed by atoms with Gasteiger partial charge in [0.25, 0.3) is 5.91 Å². The second kappa shape index (κ2) is 13.8. The monoisotopic (exact) mass is 519 g/mol. The van der Waals surface area contributed by atoms with E-state index in [1.807, 2.05) is 6.92 Å². The summed E-state index contributed by atoms with van der Waals surface area (Å²) in [5.74, 6) is -1.24. The number of rotatable bonds is 10. The van der Waals surface area contributed by atoms with Crippen molar-refractivity contribution in [3.63, 3.8) is 0 Å². The molecule has 3 fully saturated rings. The average molecular weight is 520 g/mol. The quantitative estimate of drug-likeness (QED) is 0.381. The zero-order valence-corrected chi connectivity index (χ0v) is 22.6. The standard InChI is InChI=1S/C27H45N5O5/c1-3-4-12-22(23(34)24(35)28-19-21-10-6-7-11-21)29-25(36)27(13-8-5-9-14-27)30-26(37)32-17-15-31(16-18-32)20(2)33/h21-22H,3-19H2,1-2H3,(H,28,35)(H,29,36)(H,30,37)/t22-/m0/s1. The van der Waals surface area contributed by atoms with Crippen LogP contribution in [0.3, 0.4) is 0 Å². The molecule has 37 heavy (non-hydrogen) atoms. The van der Waals surface area contributed by atoms with Gasteiger partial charge in [0, 0.05) is 39.6 Å². The van der Waals surface area contributed by atoms with Crippen molar-refractivity contribution >= 4 is 29.5 Å². The van der Waals surface area contributed by atoms with Crippen molar-refractivity contribution in [3.05, 3.63) is 0 Å². The van der Waals surface area contributed by atoms with Gasteiger partial charge in [-0.3, -0.25) is 19.2 Å². The molecule has 2 aliphatic carbocycles. The van der Waals surface area contributed by atoms with Crippen LogP contribution in [0.2, 0.25) is 0 Å². The predicted octanol–water partition coefficient (Wildman–Crippen LogP) is 2.11. The number of ketones is 1. The number of Topliss-reactive ketones (excluding diaryl/α,β-unsaturated/α-hetero) is 1. The molecule has 0 spiro atoms. The highest BCUT2D eigenvalue weighted by Crippen LogP contribution is 2.29. The van der Waals surface area contributed by atoms with Gasteiger partial charge in [0.05, 0.1) is 6.04 Å². The van der Waals surface area contributed by atoms with E-state index in [9.17, 15) is 24.0 Å². The van der Waals surface area contributed by atoms with Gasteiger partial charge in [0.15, 0.2) is 0 Å². The number of carbonyl (C=O) groups is 5. The van der Waals surface area contributed by atoms with E-state index < -0.39 is 23.3 Å². The Morgan fingerprint density at radius 1 is 0.892 bits per heavy atom. The van der Waals surface area contributed by atoms with E-state index in [2.05, 4.69) is 16.0 Å². The third kappa shape index (κ3) is 7.92. The van der Waals surface area contributed by atoms with E-state index in [1.165, 1.54) is 6.92 Å². The van der Waals surface area contributed by atoms with Crippen molar-refractivity contribution in [1.82, 2.24) is 25.8 Å². The Labute approximate surface area is 220 Å². The lowest BCUT2D eigenvalue weighted by Gasteiger charge is -2.40. The number of hydrogen-bond acceptors (Lipinski definition) is 5. The Balaban J connectivity index is 1.64. The largest absolute Gasteiger partial charge is 0.349 e. The molecule has 3 rings (SSSR count). The zero-order chi connectivity index (χ0) is 26.8. The summed E-state index contributed by atoms with van der Waals surface area (Å²) in [4.78, 5) is 67.6. The number of nitrogens with one attached hydrogen (secondary N) is 3. The Hall–Kier alpha value is -2.65. The number of unbranched alkanes of at least 4 members (excludes halogenated alkanes) is 1. The summed E-state index contributed by atoms with van der Waals surface area (Å²) in [6.07, 6.45) is 9.90. The van der Waals surface area contributed by atoms with E-state index in [4.69, 9.17) is 0 Å². The second-order valence-corrected chi connectivity index (χ2v) is 11.0. The summed E-state index contributed by atoms with van der Waals surface area (Å²) in [5.41, 5.74) is -1.11. The molecule has 1 aliphatic heterocycles. The van der Waals surface area contributed by atoms with E-state index in [0.717, 1.165) is 51.4 Å². The molecular weight excluding hydrogens is 474 g/mol. The summed E-state index contributed by atoms with van der Waals surface area (Å²) >= 11 is 0. The van der Waals surface area contributed by atoms with Crippen LogP contribution >= 0.6 is 0 Å². The number of amides is 5. The third-order valence-corrected chi connectivity index (χ3v) is 8.22. The highest BCUT2D eigenvalue weighted by atomic mass is 16.2. The second-order valence-electron chi connectivity index (χ2n) is 11.0. The van der Waals surface area contributed by atoms with Crippen LogP contribution in [0.5, 0.6) is 0 Å². The van der Waals surface area contributed by atoms with Crippen LogP contribution in [0.4, 0.5) is 4.79 Å². The first-order chi connectivity index (χ1) is 17.8. The summed E-state index contributed by atoms with van der Waals surface area (Å²) in [6.45, 7) is 5.75. The van der Waals surface area contributed by atoms with Crippen LogP contribution in [-0.2, 0) is 19.2 Å². The fraction of sp³-hybridized carbons (Fsp3) is 0.815. The molecular formula is C27H45N5O5. The first-order valence-electron chi connectivity index (χ1n) is 14.2. The Morgan fingerprint density at radius 2 is 1.51 bits per heavy atom. The highest BCUT2D eigenvalue weighted by molar-refractivity contribution is 6.38. The lowest BCUT2D eigenvalue weighted by molar-refractivity contribution is -0.141. The average Bonchev–Trinajstić information content (AvgIpc) is 3.43. The molecule has 0 bridgehead atoms. The smallest absolute Gasteiger partial charge is 0.318 e. The molecule has 10 heteroatoms. The van der Waals surface area contributed by atoms with Crippen molar-refractivity contribution in [1.29, 1.82) is 0 Å². The van der Waals surface area contributed by atoms with Gasteiger partial charge in [-0.1, -0.05) is 51.9 Å². The molecule has 0 unspecified atom stereocenters. The minimum atomic E-state index is -1.11. The Morgan fingerprint density at radius 3 is 2.11 bits per heavy atom. The Bertz CT molecular complexity index is 827. The van der Waals surface area contributed by atoms with E-state index in [1.54, 1.807) is 9.80 Å². The molecule has 1 saturated heterocycles. The van der Waals surface area contributed by atoms with Crippen LogP contribution in [0, 0.1) is 5.92 Å². The lowest BCUT2D eigenvalue weighted by atomic mass is 9.80. The maximum absolute atomic E-state index is 13.7. The van der Waals surface area contributed by atoms with Gasteiger partial charge < -0.3 is 25.8 Å². The number of hydrogen-bond donors (Lipinski definition) is 3. The normalized spacial score (nSPS) is 20.7. The van der Waals surface area contributed by atoms with Gasteiger partial charge in [-0.05, 0) is 38.0 Å². The molecule has 10 nitrogen and oxygen atoms in total. The van der Waals surface area contributed by atoms with Crippen molar-refractivity contribution in [2.75, 3.05) is 32.7 Å². The van der Waals surface area contributed by atoms with E-state index >= 15 is 0 Å². The summed E-state index contributed by atoms with van der Waals surface area (Å²) in [7, 11) is 0. The van der Waals surface area contributed by atoms with Crippen LogP contribution < -0.4 is 16.0 Å². The molecule has 1 heterocycles. The van der Waals surface area contributed by atoms with Crippen LogP contribution in [-0.4, -0.2) is 83.6 Å². The summed E-state index contributed by atoms with van der Waals surface area (Å²) < 4.78 is 0. The molecule has 3 aliphatic rings. The maximum Gasteiger partial charge on any atom is 0.318 e. The van der Waals surface area contributed by atoms with E-state index in [0.29, 0.717) is 64.3 Å². The number of nitrogens with zero attached hydrogens (tertiary/aromatic N) is 2. The van der Waals surface area contributed by atoms with Gasteiger partial charge in [-0.2, -0.15) is 0 Å². The summed E-state index contributed by atoms with van der Waals surface area (Å²) in [5, 5.41) is 8.65. The molecule has 0 aromatic carbocycles. The highest BCUT2D eigenvalue weighted by Gasteiger charge is 2.43. The number of piperazine rings is 1. The number of urea groups is 1. The minimum Gasteiger partial charge on any atom is -0.349 e. The first-order valence-corrected chi connectivity index (χ1v) is 14.2. The molecule has 5 amide bonds. The molecule has 3 N–H and O–H groups in total. The van der Waals surface area contributed by atoms with Crippen molar-refractivity contribution in [3.8, 4) is 0 Å². The van der Waals surface area contributed by atoms with Gasteiger partial charge in [-0.15, -0.1) is 0 Å². The van der Waals surface area contributed by atoms with Crippen molar-refractivity contribution < 1.29 is 24.0 Å². The zero-order valence-electron chi connectivity index (χ0n) is 22.6. The topological polar surface area (TPSA) is 128 Å². The molecule has 208 valence electrons. The molecule has 1 atom stereocenters. The molecule has 0 aromatic rings. The lowest BCUT2D eigenvalue weighted by Crippen LogP contribution is -2.65. The SMILES string of the molecule is CCCC[C@H](NC(=O)C1(NC(=O)N2CCN(C(C)=O)CC2)CCCCC1)C(=O)C(=O)NCC1CCCC1. The molecule has 0 aromatic heterocycles. The van der Waals surface area contributed by atoms with Gasteiger partial charge in [0.1, 0.15) is 5.54 Å². The van der Waals surface area contributed by atoms with Crippen molar-refractivity contribution in [2.45, 2.75) is 102 Å². The fourth-order valence-corrected chi connectivity index (χ4v) is 5.74. The van der Waals surface area contributed by atoms with Gasteiger partial charge >= 0.3 is 6.03 Å². The predicted molar refractivity (Wildman–Crippen MR) is 140 cm³/mol. The van der Waals surface area contributed by atoms with E-state index in [-0.39, 0.29) is 17.8 Å². The minimum absolute atomic E-state index is 0.0155. The van der Waals surface area contributed by atoms with Crippen LogP contribution in [0.25, 0.3) is 0 Å². The molecule has 2 saturated carbocycles. The van der Waals surface area contributed by atoms with Gasteiger partial charge in [0.2, 0.25) is 17.6 Å². The van der Waals surface area contributed by atoms with Gasteiger partial charge in [-0.25, -0.2) is 4.79 Å². The summed E-state index contributed by atoms with van der Waals surface area (Å²) in [6, 6.07) is -1.24. The van der Waals surface area contributed by atoms with Crippen LogP contribution in [0.1, 0.15) is 90.9 Å². The third-order valence-electron chi connectivity index (χ3n) is 8.22. The fourth-order valence-electron chi connectivity index (χ4n) is 5.74. The number of carbonyl (C=O) groups excluding carboxylic acids is 5. The Kier molecular flexibility index (Phi) is 10.8. The first kappa shape index (κ1) is 28.9. The molecule has 0 radical (unpaired) electrons.